The summed E-state index contributed by atoms with van der Waals surface area (Å²) in [5.74, 6) is -0.168. The second-order valence-electron chi connectivity index (χ2n) is 2.91. The van der Waals surface area contributed by atoms with E-state index in [0.717, 1.165) is 5.01 Å². The van der Waals surface area contributed by atoms with Crippen molar-refractivity contribution in [1.29, 1.82) is 0 Å². The third kappa shape index (κ3) is 2.31. The van der Waals surface area contributed by atoms with Crippen molar-refractivity contribution in [3.63, 3.8) is 0 Å². The van der Waals surface area contributed by atoms with Gasteiger partial charge in [0.05, 0.1) is 6.54 Å². The number of anilines is 1. The third-order valence-corrected chi connectivity index (χ3v) is 2.65. The molecule has 2 aromatic rings. The highest BCUT2D eigenvalue weighted by Gasteiger charge is 2.13. The Morgan fingerprint density at radius 2 is 2.31 bits per heavy atom. The van der Waals surface area contributed by atoms with Gasteiger partial charge >= 0.3 is 5.82 Å². The smallest absolute Gasteiger partial charge is 0.372 e. The van der Waals surface area contributed by atoms with Crippen LogP contribution in [0, 0.1) is 10.1 Å². The van der Waals surface area contributed by atoms with Crippen molar-refractivity contribution in [3.8, 4) is 0 Å². The van der Waals surface area contributed by atoms with Crippen molar-refractivity contribution in [2.24, 2.45) is 0 Å². The summed E-state index contributed by atoms with van der Waals surface area (Å²) in [7, 11) is 0. The van der Waals surface area contributed by atoms with Crippen LogP contribution in [0.15, 0.2) is 29.9 Å². The van der Waals surface area contributed by atoms with Crippen LogP contribution in [0.3, 0.4) is 0 Å². The van der Waals surface area contributed by atoms with Gasteiger partial charge in [-0.3, -0.25) is 0 Å². The topological polar surface area (TPSA) is 81.0 Å². The highest BCUT2D eigenvalue weighted by molar-refractivity contribution is 7.09. The Morgan fingerprint density at radius 3 is 3.00 bits per heavy atom. The van der Waals surface area contributed by atoms with E-state index in [-0.39, 0.29) is 5.82 Å². The molecule has 7 heteroatoms. The molecule has 0 aliphatic heterocycles. The summed E-state index contributed by atoms with van der Waals surface area (Å²) in [6.45, 7) is 0.463. The molecule has 2 rings (SSSR count). The number of hydrogen-bond donors (Lipinski definition) is 1. The number of thiazole rings is 1. The number of pyridine rings is 1. The Balaban J connectivity index is 2.12. The van der Waals surface area contributed by atoms with E-state index < -0.39 is 4.92 Å². The Morgan fingerprint density at radius 1 is 1.44 bits per heavy atom. The van der Waals surface area contributed by atoms with Crippen molar-refractivity contribution in [1.82, 2.24) is 9.97 Å². The van der Waals surface area contributed by atoms with Gasteiger partial charge in [-0.25, -0.2) is 4.98 Å². The fourth-order valence-electron chi connectivity index (χ4n) is 1.19. The molecule has 0 spiro atoms. The van der Waals surface area contributed by atoms with Crippen molar-refractivity contribution in [3.05, 3.63) is 45.0 Å². The van der Waals surface area contributed by atoms with Gasteiger partial charge < -0.3 is 15.4 Å². The van der Waals surface area contributed by atoms with Crippen LogP contribution in [0.1, 0.15) is 5.01 Å². The van der Waals surface area contributed by atoms with Gasteiger partial charge in [-0.05, 0) is 22.0 Å². The molecule has 0 amide bonds. The molecular weight excluding hydrogens is 228 g/mol. The van der Waals surface area contributed by atoms with Crippen LogP contribution < -0.4 is 5.32 Å². The standard InChI is InChI=1S/C9H8N4O2S/c14-13(15)9-7(2-1-3-11-9)12-6-8-10-4-5-16-8/h1-5,12H,6H2. The van der Waals surface area contributed by atoms with Gasteiger partial charge in [-0.1, -0.05) is 0 Å². The summed E-state index contributed by atoms with van der Waals surface area (Å²) in [6.07, 6.45) is 3.09. The highest BCUT2D eigenvalue weighted by Crippen LogP contribution is 2.20. The Labute approximate surface area is 95.1 Å². The van der Waals surface area contributed by atoms with Gasteiger partial charge in [0.1, 0.15) is 16.9 Å². The van der Waals surface area contributed by atoms with E-state index in [4.69, 9.17) is 0 Å². The molecule has 0 saturated carbocycles. The van der Waals surface area contributed by atoms with Crippen molar-refractivity contribution < 1.29 is 4.92 Å². The summed E-state index contributed by atoms with van der Waals surface area (Å²) in [6, 6.07) is 3.27. The second kappa shape index (κ2) is 4.67. The first-order valence-corrected chi connectivity index (χ1v) is 5.37. The number of hydrogen-bond acceptors (Lipinski definition) is 6. The first-order chi connectivity index (χ1) is 7.77. The number of aromatic nitrogens is 2. The number of nitrogens with one attached hydrogen (secondary N) is 1. The maximum atomic E-state index is 10.7. The molecule has 0 aromatic carbocycles. The molecule has 1 N–H and O–H groups in total. The third-order valence-electron chi connectivity index (χ3n) is 1.87. The van der Waals surface area contributed by atoms with Gasteiger partial charge in [0.15, 0.2) is 0 Å². The van der Waals surface area contributed by atoms with Crippen LogP contribution in [0.4, 0.5) is 11.5 Å². The molecule has 0 atom stereocenters. The van der Waals surface area contributed by atoms with Crippen LogP contribution in [0.2, 0.25) is 0 Å². The van der Waals surface area contributed by atoms with Gasteiger partial charge in [0, 0.05) is 11.6 Å². The zero-order valence-corrected chi connectivity index (χ0v) is 8.98. The zero-order chi connectivity index (χ0) is 11.4. The van der Waals surface area contributed by atoms with Crippen LogP contribution in [0.5, 0.6) is 0 Å². The minimum atomic E-state index is -0.510. The normalized spacial score (nSPS) is 10.0. The lowest BCUT2D eigenvalue weighted by Gasteiger charge is -2.03. The van der Waals surface area contributed by atoms with Crippen LogP contribution >= 0.6 is 11.3 Å². The fraction of sp³-hybridized carbons (Fsp3) is 0.111. The van der Waals surface area contributed by atoms with Gasteiger partial charge in [0.25, 0.3) is 0 Å². The lowest BCUT2D eigenvalue weighted by atomic mass is 10.4. The predicted octanol–water partition coefficient (Wildman–Crippen LogP) is 2.06. The van der Waals surface area contributed by atoms with E-state index >= 15 is 0 Å². The fourth-order valence-corrected chi connectivity index (χ4v) is 1.75. The summed E-state index contributed by atoms with van der Waals surface area (Å²) in [5, 5.41) is 16.3. The van der Waals surface area contributed by atoms with E-state index in [1.165, 1.54) is 17.5 Å². The summed E-state index contributed by atoms with van der Waals surface area (Å²) < 4.78 is 0. The lowest BCUT2D eigenvalue weighted by Crippen LogP contribution is -2.03. The maximum absolute atomic E-state index is 10.7. The van der Waals surface area contributed by atoms with Gasteiger partial charge in [-0.2, -0.15) is 0 Å². The van der Waals surface area contributed by atoms with Gasteiger partial charge in [-0.15, -0.1) is 11.3 Å². The van der Waals surface area contributed by atoms with E-state index in [1.807, 2.05) is 5.38 Å². The first kappa shape index (κ1) is 10.5. The Bertz CT molecular complexity index is 486. The molecule has 2 aromatic heterocycles. The average molecular weight is 236 g/mol. The lowest BCUT2D eigenvalue weighted by molar-refractivity contribution is -0.388. The van der Waals surface area contributed by atoms with E-state index in [0.29, 0.717) is 12.2 Å². The van der Waals surface area contributed by atoms with E-state index in [9.17, 15) is 10.1 Å². The molecule has 0 aliphatic carbocycles. The molecule has 16 heavy (non-hydrogen) atoms. The molecule has 82 valence electrons. The first-order valence-electron chi connectivity index (χ1n) is 4.49. The minimum absolute atomic E-state index is 0.168. The Kier molecular flexibility index (Phi) is 3.06. The summed E-state index contributed by atoms with van der Waals surface area (Å²) in [5.41, 5.74) is 0.405. The predicted molar refractivity (Wildman–Crippen MR) is 60.3 cm³/mol. The van der Waals surface area contributed by atoms with Crippen molar-refractivity contribution in [2.45, 2.75) is 6.54 Å². The van der Waals surface area contributed by atoms with Crippen molar-refractivity contribution >= 4 is 22.8 Å². The molecular formula is C9H8N4O2S. The highest BCUT2D eigenvalue weighted by atomic mass is 32.1. The molecule has 6 nitrogen and oxygen atoms in total. The molecule has 0 unspecified atom stereocenters. The maximum Gasteiger partial charge on any atom is 0.386 e. The summed E-state index contributed by atoms with van der Waals surface area (Å²) in [4.78, 5) is 17.9. The molecule has 0 radical (unpaired) electrons. The van der Waals surface area contributed by atoms with E-state index in [1.54, 1.807) is 18.3 Å². The monoisotopic (exact) mass is 236 g/mol. The second-order valence-corrected chi connectivity index (χ2v) is 3.89. The SMILES string of the molecule is O=[N+]([O-])c1ncccc1NCc1nccs1. The summed E-state index contributed by atoms with van der Waals surface area (Å²) >= 11 is 1.49. The van der Waals surface area contributed by atoms with Crippen LogP contribution in [-0.4, -0.2) is 14.9 Å². The zero-order valence-electron chi connectivity index (χ0n) is 8.16. The molecule has 0 saturated heterocycles. The van der Waals surface area contributed by atoms with E-state index in [2.05, 4.69) is 15.3 Å². The number of nitrogens with zero attached hydrogens (tertiary/aromatic N) is 3. The number of nitro groups is 1. The minimum Gasteiger partial charge on any atom is -0.372 e. The molecule has 2 heterocycles. The number of rotatable bonds is 4. The molecule has 0 bridgehead atoms. The van der Waals surface area contributed by atoms with Crippen LogP contribution in [0.25, 0.3) is 0 Å². The van der Waals surface area contributed by atoms with Gasteiger partial charge in [0.2, 0.25) is 0 Å². The Hall–Kier alpha value is -2.02. The quantitative estimate of drug-likeness (QED) is 0.649. The molecule has 0 fully saturated rings. The largest absolute Gasteiger partial charge is 0.386 e. The molecule has 0 aliphatic rings. The van der Waals surface area contributed by atoms with Crippen LogP contribution in [-0.2, 0) is 6.54 Å². The average Bonchev–Trinajstić information content (AvgIpc) is 2.79. The van der Waals surface area contributed by atoms with Crippen molar-refractivity contribution in [2.75, 3.05) is 5.32 Å².